The first-order valence-corrected chi connectivity index (χ1v) is 8.84. The Labute approximate surface area is 155 Å². The summed E-state index contributed by atoms with van der Waals surface area (Å²) in [5.41, 5.74) is 7.56. The first-order valence-electron chi connectivity index (χ1n) is 8.02. The number of thiophene rings is 1. The van der Waals surface area contributed by atoms with Crippen molar-refractivity contribution in [2.45, 2.75) is 6.92 Å². The molecule has 0 aliphatic rings. The minimum Gasteiger partial charge on any atom is -0.484 e. The lowest BCUT2D eigenvalue weighted by Crippen LogP contribution is -2.22. The zero-order valence-corrected chi connectivity index (χ0v) is 15.0. The molecule has 26 heavy (non-hydrogen) atoms. The van der Waals surface area contributed by atoms with Crippen molar-refractivity contribution in [1.82, 2.24) is 0 Å². The quantitative estimate of drug-likeness (QED) is 0.695. The number of hydrogen-bond acceptors (Lipinski definition) is 4. The van der Waals surface area contributed by atoms with Gasteiger partial charge in [-0.25, -0.2) is 0 Å². The van der Waals surface area contributed by atoms with Crippen LogP contribution in [0.2, 0.25) is 0 Å². The third-order valence-corrected chi connectivity index (χ3v) is 4.78. The third-order valence-electron chi connectivity index (χ3n) is 3.76. The van der Waals surface area contributed by atoms with Gasteiger partial charge in [-0.3, -0.25) is 9.59 Å². The second kappa shape index (κ2) is 7.84. The summed E-state index contributed by atoms with van der Waals surface area (Å²) in [6.45, 7) is 1.75. The van der Waals surface area contributed by atoms with E-state index in [1.165, 1.54) is 11.3 Å². The molecule has 132 valence electrons. The fourth-order valence-corrected chi connectivity index (χ4v) is 3.75. The van der Waals surface area contributed by atoms with Gasteiger partial charge in [-0.2, -0.15) is 0 Å². The number of ether oxygens (including phenoxy) is 1. The Hall–Kier alpha value is -3.12. The van der Waals surface area contributed by atoms with E-state index in [4.69, 9.17) is 10.5 Å². The van der Waals surface area contributed by atoms with E-state index in [0.29, 0.717) is 16.3 Å². The molecule has 3 aromatic rings. The normalized spacial score (nSPS) is 10.3. The molecule has 0 fully saturated rings. The highest BCUT2D eigenvalue weighted by atomic mass is 32.1. The number of nitrogens with one attached hydrogen (secondary N) is 1. The molecule has 2 aromatic carbocycles. The summed E-state index contributed by atoms with van der Waals surface area (Å²) in [5, 5.41) is 3.19. The summed E-state index contributed by atoms with van der Waals surface area (Å²) in [4.78, 5) is 25.2. The molecule has 3 rings (SSSR count). The largest absolute Gasteiger partial charge is 0.484 e. The molecule has 6 heteroatoms. The maximum Gasteiger partial charge on any atom is 0.262 e. The van der Waals surface area contributed by atoms with Crippen LogP contribution in [0.4, 0.5) is 5.00 Å². The Balaban J connectivity index is 1.82. The zero-order valence-electron chi connectivity index (χ0n) is 14.2. The van der Waals surface area contributed by atoms with Gasteiger partial charge in [0.25, 0.3) is 11.8 Å². The molecule has 5 nitrogen and oxygen atoms in total. The highest BCUT2D eigenvalue weighted by molar-refractivity contribution is 7.17. The lowest BCUT2D eigenvalue weighted by atomic mass is 10.0. The van der Waals surface area contributed by atoms with Crippen molar-refractivity contribution in [1.29, 1.82) is 0 Å². The van der Waals surface area contributed by atoms with Gasteiger partial charge in [0.2, 0.25) is 0 Å². The van der Waals surface area contributed by atoms with Crippen LogP contribution in [0.15, 0.2) is 60.7 Å². The Morgan fingerprint density at radius 1 is 1.04 bits per heavy atom. The van der Waals surface area contributed by atoms with E-state index in [9.17, 15) is 9.59 Å². The molecule has 0 aliphatic heterocycles. The molecule has 0 saturated heterocycles. The Bertz CT molecular complexity index is 921. The lowest BCUT2D eigenvalue weighted by Gasteiger charge is -2.08. The molecule has 0 unspecified atom stereocenters. The molecule has 2 amide bonds. The first kappa shape index (κ1) is 17.7. The number of hydrogen-bond donors (Lipinski definition) is 2. The lowest BCUT2D eigenvalue weighted by molar-refractivity contribution is -0.118. The Morgan fingerprint density at radius 3 is 2.27 bits per heavy atom. The summed E-state index contributed by atoms with van der Waals surface area (Å²) in [6, 6.07) is 18.6. The number of primary amides is 1. The predicted molar refractivity (Wildman–Crippen MR) is 104 cm³/mol. The molecule has 3 N–H and O–H groups in total. The van der Waals surface area contributed by atoms with Gasteiger partial charge in [0.1, 0.15) is 10.8 Å². The number of carbonyl (C=O) groups excluding carboxylic acids is 2. The first-order chi connectivity index (χ1) is 12.6. The molecule has 0 radical (unpaired) electrons. The van der Waals surface area contributed by atoms with Crippen LogP contribution in [0, 0.1) is 6.92 Å². The van der Waals surface area contributed by atoms with Crippen LogP contribution in [0.5, 0.6) is 5.75 Å². The van der Waals surface area contributed by atoms with E-state index < -0.39 is 5.91 Å². The summed E-state index contributed by atoms with van der Waals surface area (Å²) < 4.78 is 5.44. The molecule has 1 aromatic heterocycles. The predicted octanol–water partition coefficient (Wildman–Crippen LogP) is 3.84. The van der Waals surface area contributed by atoms with Gasteiger partial charge in [0.15, 0.2) is 6.61 Å². The molecule has 1 heterocycles. The van der Waals surface area contributed by atoms with Gasteiger partial charge in [0, 0.05) is 10.4 Å². The molecular formula is C20H18N2O3S. The summed E-state index contributed by atoms with van der Waals surface area (Å²) in [5.74, 6) is -0.324. The van der Waals surface area contributed by atoms with Crippen molar-refractivity contribution >= 4 is 28.2 Å². The van der Waals surface area contributed by atoms with Gasteiger partial charge in [-0.1, -0.05) is 48.5 Å². The molecule has 0 aliphatic carbocycles. The van der Waals surface area contributed by atoms with Crippen molar-refractivity contribution in [3.63, 3.8) is 0 Å². The number of rotatable bonds is 6. The monoisotopic (exact) mass is 366 g/mol. The van der Waals surface area contributed by atoms with Gasteiger partial charge in [0.05, 0.1) is 5.56 Å². The summed E-state index contributed by atoms with van der Waals surface area (Å²) in [7, 11) is 0. The second-order valence-corrected chi connectivity index (χ2v) is 6.84. The second-order valence-electron chi connectivity index (χ2n) is 5.62. The standard InChI is InChI=1S/C20H18N2O3S/c1-13-17(14-8-4-2-5-9-14)18(19(21)24)20(26-13)22-16(23)12-25-15-10-6-3-7-11-15/h2-11H,12H2,1H3,(H2,21,24)(H,22,23). The van der Waals surface area contributed by atoms with E-state index in [-0.39, 0.29) is 12.5 Å². The molecule has 0 bridgehead atoms. The van der Waals surface area contributed by atoms with Gasteiger partial charge < -0.3 is 15.8 Å². The average molecular weight is 366 g/mol. The average Bonchev–Trinajstić information content (AvgIpc) is 2.97. The van der Waals surface area contributed by atoms with Crippen LogP contribution >= 0.6 is 11.3 Å². The molecule has 0 spiro atoms. The van der Waals surface area contributed by atoms with Crippen LogP contribution in [0.25, 0.3) is 11.1 Å². The molecular weight excluding hydrogens is 348 g/mol. The minimum atomic E-state index is -0.576. The van der Waals surface area contributed by atoms with Crippen molar-refractivity contribution in [2.75, 3.05) is 11.9 Å². The molecule has 0 atom stereocenters. The topological polar surface area (TPSA) is 81.4 Å². The van der Waals surface area contributed by atoms with E-state index in [0.717, 1.165) is 16.0 Å². The van der Waals surface area contributed by atoms with Crippen molar-refractivity contribution in [3.8, 4) is 16.9 Å². The molecule has 0 saturated carbocycles. The van der Waals surface area contributed by atoms with Gasteiger partial charge in [-0.05, 0) is 24.6 Å². The Kier molecular flexibility index (Phi) is 5.34. The van der Waals surface area contributed by atoms with Crippen LogP contribution in [0.3, 0.4) is 0 Å². The number of para-hydroxylation sites is 1. The fourth-order valence-electron chi connectivity index (χ4n) is 2.65. The van der Waals surface area contributed by atoms with E-state index in [1.54, 1.807) is 12.1 Å². The maximum absolute atomic E-state index is 12.2. The summed E-state index contributed by atoms with van der Waals surface area (Å²) >= 11 is 1.33. The highest BCUT2D eigenvalue weighted by Gasteiger charge is 2.22. The van der Waals surface area contributed by atoms with Gasteiger partial charge in [-0.15, -0.1) is 11.3 Å². The van der Waals surface area contributed by atoms with Crippen LogP contribution < -0.4 is 15.8 Å². The highest BCUT2D eigenvalue weighted by Crippen LogP contribution is 2.39. The van der Waals surface area contributed by atoms with Gasteiger partial charge >= 0.3 is 0 Å². The smallest absolute Gasteiger partial charge is 0.262 e. The summed E-state index contributed by atoms with van der Waals surface area (Å²) in [6.07, 6.45) is 0. The number of amides is 2. The van der Waals surface area contributed by atoms with Crippen molar-refractivity contribution < 1.29 is 14.3 Å². The van der Waals surface area contributed by atoms with E-state index >= 15 is 0 Å². The Morgan fingerprint density at radius 2 is 1.65 bits per heavy atom. The number of benzene rings is 2. The maximum atomic E-state index is 12.2. The number of nitrogens with two attached hydrogens (primary N) is 1. The zero-order chi connectivity index (χ0) is 18.5. The number of carbonyl (C=O) groups is 2. The SMILES string of the molecule is Cc1sc(NC(=O)COc2ccccc2)c(C(N)=O)c1-c1ccccc1. The van der Waals surface area contributed by atoms with E-state index in [2.05, 4.69) is 5.32 Å². The number of aryl methyl sites for hydroxylation is 1. The van der Waals surface area contributed by atoms with Crippen molar-refractivity contribution in [2.24, 2.45) is 5.73 Å². The van der Waals surface area contributed by atoms with Crippen LogP contribution in [-0.4, -0.2) is 18.4 Å². The van der Waals surface area contributed by atoms with Crippen LogP contribution in [0.1, 0.15) is 15.2 Å². The fraction of sp³-hybridized carbons (Fsp3) is 0.100. The number of anilines is 1. The third kappa shape index (κ3) is 3.92. The minimum absolute atomic E-state index is 0.153. The van der Waals surface area contributed by atoms with E-state index in [1.807, 2.05) is 55.5 Å². The van der Waals surface area contributed by atoms with Crippen molar-refractivity contribution in [3.05, 3.63) is 71.1 Å². The van der Waals surface area contributed by atoms with Crippen LogP contribution in [-0.2, 0) is 4.79 Å².